The van der Waals surface area contributed by atoms with Gasteiger partial charge in [0.15, 0.2) is 0 Å². The van der Waals surface area contributed by atoms with Crippen molar-refractivity contribution in [1.82, 2.24) is 15.5 Å². The topological polar surface area (TPSA) is 44.4 Å². The Morgan fingerprint density at radius 2 is 1.94 bits per heavy atom. The van der Waals surface area contributed by atoms with Crippen LogP contribution < -0.4 is 10.6 Å². The summed E-state index contributed by atoms with van der Waals surface area (Å²) in [4.78, 5) is 14.1. The number of amides is 1. The standard InChI is InChI=1S/C14H29N3O/c1-3-10-17(4-2)11-9-15-12-14(18)16-13-7-5-6-8-13/h13,15H,3-12H2,1-2H3,(H,16,18). The Morgan fingerprint density at radius 3 is 2.56 bits per heavy atom. The fraction of sp³-hybridized carbons (Fsp3) is 0.929. The zero-order chi connectivity index (χ0) is 13.2. The molecule has 4 heteroatoms. The van der Waals surface area contributed by atoms with Gasteiger partial charge >= 0.3 is 0 Å². The number of rotatable bonds is 9. The molecule has 18 heavy (non-hydrogen) atoms. The SMILES string of the molecule is CCCN(CC)CCNCC(=O)NC1CCCC1. The van der Waals surface area contributed by atoms with E-state index < -0.39 is 0 Å². The van der Waals surface area contributed by atoms with E-state index in [1.807, 2.05) is 0 Å². The van der Waals surface area contributed by atoms with Crippen molar-refractivity contribution >= 4 is 5.91 Å². The van der Waals surface area contributed by atoms with E-state index in [9.17, 15) is 4.79 Å². The van der Waals surface area contributed by atoms with Gasteiger partial charge in [-0.15, -0.1) is 0 Å². The third-order valence-electron chi connectivity index (χ3n) is 3.60. The third-order valence-corrected chi connectivity index (χ3v) is 3.60. The molecule has 4 nitrogen and oxygen atoms in total. The van der Waals surface area contributed by atoms with E-state index in [1.165, 1.54) is 19.3 Å². The second kappa shape index (κ2) is 9.34. The minimum atomic E-state index is 0.153. The summed E-state index contributed by atoms with van der Waals surface area (Å²) in [5.41, 5.74) is 0. The van der Waals surface area contributed by atoms with Crippen LogP contribution in [0.1, 0.15) is 46.0 Å². The van der Waals surface area contributed by atoms with Crippen molar-refractivity contribution in [2.24, 2.45) is 0 Å². The van der Waals surface area contributed by atoms with Crippen LogP contribution >= 0.6 is 0 Å². The predicted octanol–water partition coefficient (Wildman–Crippen LogP) is 1.37. The van der Waals surface area contributed by atoms with Crippen LogP contribution in [0.15, 0.2) is 0 Å². The Balaban J connectivity index is 2.00. The predicted molar refractivity (Wildman–Crippen MR) is 75.7 cm³/mol. The van der Waals surface area contributed by atoms with Crippen LogP contribution in [0.2, 0.25) is 0 Å². The first-order valence-electron chi connectivity index (χ1n) is 7.48. The number of hydrogen-bond acceptors (Lipinski definition) is 3. The molecule has 106 valence electrons. The van der Waals surface area contributed by atoms with Crippen molar-refractivity contribution in [3.8, 4) is 0 Å². The highest BCUT2D eigenvalue weighted by Crippen LogP contribution is 2.17. The average molecular weight is 255 g/mol. The molecule has 2 N–H and O–H groups in total. The number of hydrogen-bond donors (Lipinski definition) is 2. The van der Waals surface area contributed by atoms with Gasteiger partial charge in [-0.1, -0.05) is 26.7 Å². The first-order chi connectivity index (χ1) is 8.76. The van der Waals surface area contributed by atoms with Crippen molar-refractivity contribution in [3.05, 3.63) is 0 Å². The van der Waals surface area contributed by atoms with E-state index in [1.54, 1.807) is 0 Å². The summed E-state index contributed by atoms with van der Waals surface area (Å²) < 4.78 is 0. The maximum atomic E-state index is 11.7. The lowest BCUT2D eigenvalue weighted by molar-refractivity contribution is -0.120. The Labute approximate surface area is 111 Å². The lowest BCUT2D eigenvalue weighted by atomic mass is 10.2. The molecule has 1 saturated carbocycles. The second-order valence-electron chi connectivity index (χ2n) is 5.16. The molecule has 0 saturated heterocycles. The van der Waals surface area contributed by atoms with Crippen LogP contribution in [0, 0.1) is 0 Å². The summed E-state index contributed by atoms with van der Waals surface area (Å²) in [5, 5.41) is 6.32. The molecular formula is C14H29N3O. The van der Waals surface area contributed by atoms with Gasteiger partial charge in [-0.2, -0.15) is 0 Å². The molecule has 0 unspecified atom stereocenters. The second-order valence-corrected chi connectivity index (χ2v) is 5.16. The van der Waals surface area contributed by atoms with E-state index in [0.29, 0.717) is 12.6 Å². The van der Waals surface area contributed by atoms with Crippen LogP contribution in [0.4, 0.5) is 0 Å². The first-order valence-corrected chi connectivity index (χ1v) is 7.48. The zero-order valence-electron chi connectivity index (χ0n) is 12.0. The molecule has 0 atom stereocenters. The van der Waals surface area contributed by atoms with Gasteiger partial charge in [-0.3, -0.25) is 4.79 Å². The molecule has 0 radical (unpaired) electrons. The molecule has 0 aromatic carbocycles. The monoisotopic (exact) mass is 255 g/mol. The van der Waals surface area contributed by atoms with Crippen LogP contribution in [0.25, 0.3) is 0 Å². The van der Waals surface area contributed by atoms with Crippen LogP contribution in [-0.4, -0.2) is 49.6 Å². The van der Waals surface area contributed by atoms with Gasteiger partial charge in [0.05, 0.1) is 6.54 Å². The van der Waals surface area contributed by atoms with Crippen LogP contribution in [0.5, 0.6) is 0 Å². The summed E-state index contributed by atoms with van der Waals surface area (Å²) in [6.45, 7) is 9.00. The molecule has 0 aromatic rings. The smallest absolute Gasteiger partial charge is 0.234 e. The molecule has 0 aromatic heterocycles. The molecule has 1 fully saturated rings. The Bertz CT molecular complexity index is 227. The lowest BCUT2D eigenvalue weighted by Crippen LogP contribution is -2.41. The molecule has 1 amide bonds. The number of likely N-dealkylation sites (N-methyl/N-ethyl adjacent to an activating group) is 1. The number of carbonyl (C=O) groups is 1. The largest absolute Gasteiger partial charge is 0.352 e. The van der Waals surface area contributed by atoms with E-state index in [4.69, 9.17) is 0 Å². The van der Waals surface area contributed by atoms with Gasteiger partial charge in [0.25, 0.3) is 0 Å². The molecule has 0 spiro atoms. The minimum absolute atomic E-state index is 0.153. The molecule has 1 aliphatic carbocycles. The summed E-state index contributed by atoms with van der Waals surface area (Å²) in [6.07, 6.45) is 6.04. The Kier molecular flexibility index (Phi) is 8.01. The van der Waals surface area contributed by atoms with E-state index in [0.717, 1.165) is 39.0 Å². The third kappa shape index (κ3) is 6.36. The van der Waals surface area contributed by atoms with Gasteiger partial charge in [0, 0.05) is 19.1 Å². The normalized spacial score (nSPS) is 16.4. The van der Waals surface area contributed by atoms with Gasteiger partial charge < -0.3 is 15.5 Å². The summed E-state index contributed by atoms with van der Waals surface area (Å²) >= 11 is 0. The van der Waals surface area contributed by atoms with Crippen molar-refractivity contribution in [2.75, 3.05) is 32.7 Å². The van der Waals surface area contributed by atoms with E-state index >= 15 is 0 Å². The first kappa shape index (κ1) is 15.4. The lowest BCUT2D eigenvalue weighted by Gasteiger charge is -2.19. The molecule has 0 heterocycles. The highest BCUT2D eigenvalue weighted by atomic mass is 16.1. The summed E-state index contributed by atoms with van der Waals surface area (Å²) in [6, 6.07) is 0.437. The van der Waals surface area contributed by atoms with E-state index in [-0.39, 0.29) is 5.91 Å². The maximum absolute atomic E-state index is 11.7. The highest BCUT2D eigenvalue weighted by Gasteiger charge is 2.16. The molecule has 1 aliphatic rings. The molecular weight excluding hydrogens is 226 g/mol. The van der Waals surface area contributed by atoms with E-state index in [2.05, 4.69) is 29.4 Å². The van der Waals surface area contributed by atoms with Gasteiger partial charge in [0.2, 0.25) is 5.91 Å². The molecule has 0 aliphatic heterocycles. The van der Waals surface area contributed by atoms with Gasteiger partial charge in [-0.25, -0.2) is 0 Å². The number of carbonyl (C=O) groups excluding carboxylic acids is 1. The number of nitrogens with zero attached hydrogens (tertiary/aromatic N) is 1. The average Bonchev–Trinajstić information content (AvgIpc) is 2.85. The van der Waals surface area contributed by atoms with Gasteiger partial charge in [-0.05, 0) is 32.4 Å². The fourth-order valence-corrected chi connectivity index (χ4v) is 2.53. The Morgan fingerprint density at radius 1 is 1.22 bits per heavy atom. The zero-order valence-corrected chi connectivity index (χ0v) is 12.0. The van der Waals surface area contributed by atoms with Crippen molar-refractivity contribution in [2.45, 2.75) is 52.0 Å². The maximum Gasteiger partial charge on any atom is 0.234 e. The summed E-state index contributed by atoms with van der Waals surface area (Å²) in [7, 11) is 0. The van der Waals surface area contributed by atoms with Crippen LogP contribution in [0.3, 0.4) is 0 Å². The summed E-state index contributed by atoms with van der Waals surface area (Å²) in [5.74, 6) is 0.153. The van der Waals surface area contributed by atoms with Crippen molar-refractivity contribution in [1.29, 1.82) is 0 Å². The molecule has 1 rings (SSSR count). The van der Waals surface area contributed by atoms with Crippen LogP contribution in [-0.2, 0) is 4.79 Å². The number of nitrogens with one attached hydrogen (secondary N) is 2. The fourth-order valence-electron chi connectivity index (χ4n) is 2.53. The molecule has 0 bridgehead atoms. The highest BCUT2D eigenvalue weighted by molar-refractivity contribution is 5.78. The van der Waals surface area contributed by atoms with Crippen molar-refractivity contribution in [3.63, 3.8) is 0 Å². The minimum Gasteiger partial charge on any atom is -0.352 e. The van der Waals surface area contributed by atoms with Crippen molar-refractivity contribution < 1.29 is 4.79 Å². The Hall–Kier alpha value is -0.610. The van der Waals surface area contributed by atoms with Gasteiger partial charge in [0.1, 0.15) is 0 Å². The quantitative estimate of drug-likeness (QED) is 0.612.